The summed E-state index contributed by atoms with van der Waals surface area (Å²) in [5, 5.41) is 11.2. The van der Waals surface area contributed by atoms with Crippen molar-refractivity contribution in [1.82, 2.24) is 5.32 Å². The third-order valence-electron chi connectivity index (χ3n) is 2.04. The molecule has 0 fully saturated rings. The number of hydrogen-bond acceptors (Lipinski definition) is 4. The molecule has 1 aromatic rings. The van der Waals surface area contributed by atoms with Crippen molar-refractivity contribution in [2.24, 2.45) is 0 Å². The average Bonchev–Trinajstić information content (AvgIpc) is 2.64. The van der Waals surface area contributed by atoms with Crippen LogP contribution in [-0.2, 0) is 11.3 Å². The molecule has 0 spiro atoms. The summed E-state index contributed by atoms with van der Waals surface area (Å²) in [6.45, 7) is 0.707. The zero-order valence-electron chi connectivity index (χ0n) is 8.43. The molecule has 0 atom stereocenters. The van der Waals surface area contributed by atoms with Crippen LogP contribution in [0.1, 0.15) is 5.56 Å². The van der Waals surface area contributed by atoms with Gasteiger partial charge in [0.05, 0.1) is 6.54 Å². The molecule has 1 heterocycles. The van der Waals surface area contributed by atoms with Gasteiger partial charge in [0.1, 0.15) is 0 Å². The molecule has 0 unspecified atom stereocenters. The highest BCUT2D eigenvalue weighted by Gasteiger charge is 2.12. The Balaban J connectivity index is 0.00000128. The zero-order chi connectivity index (χ0) is 10.7. The summed E-state index contributed by atoms with van der Waals surface area (Å²) in [5.41, 5.74) is 0.973. The van der Waals surface area contributed by atoms with Crippen LogP contribution in [0.3, 0.4) is 0 Å². The number of nitrogens with one attached hydrogen (secondary N) is 1. The Hall–Kier alpha value is -1.46. The van der Waals surface area contributed by atoms with Crippen LogP contribution >= 0.6 is 12.4 Å². The average molecular weight is 246 g/mol. The fourth-order valence-electron chi connectivity index (χ4n) is 1.36. The molecule has 1 aromatic carbocycles. The molecule has 88 valence electrons. The van der Waals surface area contributed by atoms with Crippen molar-refractivity contribution in [2.75, 3.05) is 13.3 Å². The zero-order valence-corrected chi connectivity index (χ0v) is 9.25. The van der Waals surface area contributed by atoms with E-state index in [1.807, 2.05) is 18.2 Å². The second kappa shape index (κ2) is 5.58. The number of hydrogen-bond donors (Lipinski definition) is 2. The quantitative estimate of drug-likeness (QED) is 0.829. The maximum absolute atomic E-state index is 10.3. The van der Waals surface area contributed by atoms with Crippen molar-refractivity contribution in [3.63, 3.8) is 0 Å². The van der Waals surface area contributed by atoms with Crippen LogP contribution in [-0.4, -0.2) is 24.4 Å². The van der Waals surface area contributed by atoms with Crippen molar-refractivity contribution in [1.29, 1.82) is 0 Å². The predicted molar refractivity (Wildman–Crippen MR) is 59.2 cm³/mol. The first kappa shape index (κ1) is 12.6. The molecule has 0 aliphatic carbocycles. The lowest BCUT2D eigenvalue weighted by Gasteiger charge is -2.03. The highest BCUT2D eigenvalue weighted by molar-refractivity contribution is 5.85. The number of carboxylic acid groups (broad SMARTS) is 1. The van der Waals surface area contributed by atoms with Crippen LogP contribution in [0.15, 0.2) is 18.2 Å². The van der Waals surface area contributed by atoms with E-state index >= 15 is 0 Å². The lowest BCUT2D eigenvalue weighted by atomic mass is 10.2. The van der Waals surface area contributed by atoms with Crippen molar-refractivity contribution in [3.05, 3.63) is 23.8 Å². The number of carboxylic acids is 1. The lowest BCUT2D eigenvalue weighted by Crippen LogP contribution is -2.21. The lowest BCUT2D eigenvalue weighted by molar-refractivity contribution is -0.135. The fraction of sp³-hybridized carbons (Fsp3) is 0.300. The second-order valence-corrected chi connectivity index (χ2v) is 3.18. The molecule has 2 rings (SSSR count). The summed E-state index contributed by atoms with van der Waals surface area (Å²) in [5.74, 6) is 0.581. The topological polar surface area (TPSA) is 67.8 Å². The largest absolute Gasteiger partial charge is 0.480 e. The Kier molecular flexibility index (Phi) is 4.39. The van der Waals surface area contributed by atoms with E-state index in [1.54, 1.807) is 0 Å². The molecule has 16 heavy (non-hydrogen) atoms. The molecule has 1 aliphatic rings. The molecule has 0 saturated carbocycles. The van der Waals surface area contributed by atoms with E-state index in [4.69, 9.17) is 14.6 Å². The minimum Gasteiger partial charge on any atom is -0.480 e. The van der Waals surface area contributed by atoms with Crippen LogP contribution < -0.4 is 14.8 Å². The monoisotopic (exact) mass is 245 g/mol. The highest BCUT2D eigenvalue weighted by atomic mass is 35.5. The van der Waals surface area contributed by atoms with Crippen LogP contribution in [0.2, 0.25) is 0 Å². The first-order valence-electron chi connectivity index (χ1n) is 4.57. The van der Waals surface area contributed by atoms with Gasteiger partial charge in [-0.1, -0.05) is 6.07 Å². The number of rotatable bonds is 4. The first-order chi connectivity index (χ1) is 7.25. The van der Waals surface area contributed by atoms with E-state index < -0.39 is 5.97 Å². The van der Waals surface area contributed by atoms with Gasteiger partial charge in [-0.2, -0.15) is 0 Å². The first-order valence-corrected chi connectivity index (χ1v) is 4.57. The Morgan fingerprint density at radius 2 is 2.12 bits per heavy atom. The van der Waals surface area contributed by atoms with Crippen LogP contribution in [0, 0.1) is 0 Å². The molecule has 2 N–H and O–H groups in total. The number of halogens is 1. The van der Waals surface area contributed by atoms with E-state index in [-0.39, 0.29) is 25.7 Å². The SMILES string of the molecule is Cl.O=C(O)CNCc1ccc2c(c1)OCO2. The summed E-state index contributed by atoms with van der Waals surface area (Å²) >= 11 is 0. The van der Waals surface area contributed by atoms with Gasteiger partial charge in [-0.05, 0) is 17.7 Å². The third kappa shape index (κ3) is 3.01. The molecular formula is C10H12ClNO4. The molecule has 0 aromatic heterocycles. The molecule has 0 radical (unpaired) electrons. The number of benzene rings is 1. The van der Waals surface area contributed by atoms with Crippen molar-refractivity contribution < 1.29 is 19.4 Å². The van der Waals surface area contributed by atoms with Crippen molar-refractivity contribution in [3.8, 4) is 11.5 Å². The Labute approximate surface area is 98.8 Å². The number of fused-ring (bicyclic) bond motifs is 1. The molecule has 6 heteroatoms. The van der Waals surface area contributed by atoms with E-state index in [1.165, 1.54) is 0 Å². The molecule has 0 bridgehead atoms. The Morgan fingerprint density at radius 3 is 2.88 bits per heavy atom. The number of ether oxygens (including phenoxy) is 2. The van der Waals surface area contributed by atoms with Gasteiger partial charge >= 0.3 is 5.97 Å². The Bertz CT molecular complexity index is 383. The van der Waals surface area contributed by atoms with Crippen LogP contribution in [0.25, 0.3) is 0 Å². The van der Waals surface area contributed by atoms with Gasteiger partial charge < -0.3 is 19.9 Å². The maximum Gasteiger partial charge on any atom is 0.317 e. The number of aliphatic carboxylic acids is 1. The van der Waals surface area contributed by atoms with E-state index in [2.05, 4.69) is 5.32 Å². The normalized spacial score (nSPS) is 12.0. The molecular weight excluding hydrogens is 234 g/mol. The Morgan fingerprint density at radius 1 is 1.38 bits per heavy atom. The summed E-state index contributed by atoms with van der Waals surface area (Å²) in [6.07, 6.45) is 0. The minimum absolute atomic E-state index is 0. The predicted octanol–water partition coefficient (Wildman–Crippen LogP) is 1.01. The molecule has 5 nitrogen and oxygen atoms in total. The number of carbonyl (C=O) groups is 1. The van der Waals surface area contributed by atoms with Crippen LogP contribution in [0.5, 0.6) is 11.5 Å². The van der Waals surface area contributed by atoms with Gasteiger partial charge in [-0.15, -0.1) is 12.4 Å². The molecule has 0 saturated heterocycles. The van der Waals surface area contributed by atoms with Crippen LogP contribution in [0.4, 0.5) is 0 Å². The van der Waals surface area contributed by atoms with E-state index in [9.17, 15) is 4.79 Å². The van der Waals surface area contributed by atoms with Crippen molar-refractivity contribution >= 4 is 18.4 Å². The summed E-state index contributed by atoms with van der Waals surface area (Å²) in [4.78, 5) is 10.3. The van der Waals surface area contributed by atoms with Gasteiger partial charge in [0.15, 0.2) is 11.5 Å². The smallest absolute Gasteiger partial charge is 0.317 e. The van der Waals surface area contributed by atoms with Gasteiger partial charge in [0.25, 0.3) is 0 Å². The maximum atomic E-state index is 10.3. The summed E-state index contributed by atoms with van der Waals surface area (Å²) in [6, 6.07) is 5.54. The van der Waals surface area contributed by atoms with Gasteiger partial charge in [0, 0.05) is 6.54 Å². The van der Waals surface area contributed by atoms with Gasteiger partial charge in [-0.3, -0.25) is 4.79 Å². The molecule has 1 aliphatic heterocycles. The second-order valence-electron chi connectivity index (χ2n) is 3.18. The van der Waals surface area contributed by atoms with E-state index in [0.717, 1.165) is 11.3 Å². The van der Waals surface area contributed by atoms with Crippen molar-refractivity contribution in [2.45, 2.75) is 6.54 Å². The van der Waals surface area contributed by atoms with Gasteiger partial charge in [-0.25, -0.2) is 0 Å². The van der Waals surface area contributed by atoms with Gasteiger partial charge in [0.2, 0.25) is 6.79 Å². The fourth-order valence-corrected chi connectivity index (χ4v) is 1.36. The standard InChI is InChI=1S/C10H11NO4.ClH/c12-10(13)5-11-4-7-1-2-8-9(3-7)15-6-14-8;/h1-3,11H,4-6H2,(H,12,13);1H. The molecule has 0 amide bonds. The minimum atomic E-state index is -0.865. The van der Waals surface area contributed by atoms with E-state index in [0.29, 0.717) is 12.3 Å². The third-order valence-corrected chi connectivity index (χ3v) is 2.04. The summed E-state index contributed by atoms with van der Waals surface area (Å²) < 4.78 is 10.4. The summed E-state index contributed by atoms with van der Waals surface area (Å²) in [7, 11) is 0. The highest BCUT2D eigenvalue weighted by Crippen LogP contribution is 2.32.